The monoisotopic (exact) mass is 570 g/mol. The van der Waals surface area contributed by atoms with E-state index in [2.05, 4.69) is 11.9 Å². The summed E-state index contributed by atoms with van der Waals surface area (Å²) >= 11 is 0. The van der Waals surface area contributed by atoms with Gasteiger partial charge < -0.3 is 15.0 Å². The first-order valence-electron chi connectivity index (χ1n) is 14.1. The summed E-state index contributed by atoms with van der Waals surface area (Å²) in [6.07, 6.45) is 5.35. The van der Waals surface area contributed by atoms with Gasteiger partial charge >= 0.3 is 0 Å². The Bertz CT molecular complexity index is 1810. The lowest BCUT2D eigenvalue weighted by Crippen LogP contribution is -2.49. The number of Topliss-reactive ketones (excluding diaryl/α,β-unsaturated/α-hetero) is 2. The second-order valence-corrected chi connectivity index (χ2v) is 10.9. The molecule has 3 aliphatic rings. The number of fused-ring (bicyclic) bond motifs is 6. The highest BCUT2D eigenvalue weighted by Crippen LogP contribution is 2.62. The normalized spacial score (nSPS) is 22.9. The van der Waals surface area contributed by atoms with Crippen molar-refractivity contribution in [3.63, 3.8) is 0 Å². The van der Waals surface area contributed by atoms with Crippen LogP contribution in [0.4, 0.5) is 10.1 Å². The zero-order valence-corrected chi connectivity index (χ0v) is 23.1. The molecule has 6 nitrogen and oxygen atoms in total. The first kappa shape index (κ1) is 26.6. The van der Waals surface area contributed by atoms with Gasteiger partial charge in [0.25, 0.3) is 0 Å². The Morgan fingerprint density at radius 3 is 2.35 bits per heavy atom. The molecule has 212 valence electrons. The molecule has 1 amide bonds. The lowest BCUT2D eigenvalue weighted by atomic mass is 9.62. The largest absolute Gasteiger partial charge is 0.490 e. The molecule has 4 aromatic rings. The van der Waals surface area contributed by atoms with Gasteiger partial charge in [0.2, 0.25) is 5.91 Å². The Hall–Kier alpha value is -5.30. The molecule has 0 bridgehead atoms. The molecule has 0 aromatic heterocycles. The van der Waals surface area contributed by atoms with E-state index in [1.807, 2.05) is 65.7 Å². The van der Waals surface area contributed by atoms with Crippen LogP contribution < -0.4 is 10.1 Å². The fraction of sp³-hybridized carbons (Fsp3) is 0.139. The number of ether oxygens (including phenoxy) is 1. The number of nitrogens with zero attached hydrogens (tertiary/aromatic N) is 1. The van der Waals surface area contributed by atoms with Crippen LogP contribution >= 0.6 is 0 Å². The summed E-state index contributed by atoms with van der Waals surface area (Å²) in [7, 11) is 0. The zero-order valence-electron chi connectivity index (χ0n) is 23.1. The van der Waals surface area contributed by atoms with E-state index in [-0.39, 0.29) is 23.0 Å². The van der Waals surface area contributed by atoms with Crippen LogP contribution in [0.25, 0.3) is 6.08 Å². The van der Waals surface area contributed by atoms with Gasteiger partial charge in [0.1, 0.15) is 29.6 Å². The number of amides is 1. The van der Waals surface area contributed by atoms with Gasteiger partial charge in [-0.05, 0) is 77.4 Å². The van der Waals surface area contributed by atoms with Crippen LogP contribution in [-0.2, 0) is 10.2 Å². The van der Waals surface area contributed by atoms with E-state index in [1.165, 1.54) is 24.3 Å². The Balaban J connectivity index is 1.47. The molecule has 0 unspecified atom stereocenters. The summed E-state index contributed by atoms with van der Waals surface area (Å²) in [5.41, 5.74) is 2.20. The van der Waals surface area contributed by atoms with E-state index in [0.29, 0.717) is 29.2 Å². The number of para-hydroxylation sites is 1. The number of anilines is 1. The third-order valence-corrected chi connectivity index (χ3v) is 8.76. The van der Waals surface area contributed by atoms with Crippen molar-refractivity contribution in [3.05, 3.63) is 150 Å². The Labute approximate surface area is 248 Å². The fourth-order valence-corrected chi connectivity index (χ4v) is 7.00. The summed E-state index contributed by atoms with van der Waals surface area (Å²) in [6.45, 7) is 3.98. The summed E-state index contributed by atoms with van der Waals surface area (Å²) < 4.78 is 19.5. The van der Waals surface area contributed by atoms with Crippen LogP contribution in [-0.4, -0.2) is 35.0 Å². The van der Waals surface area contributed by atoms with Crippen molar-refractivity contribution >= 4 is 29.2 Å². The minimum atomic E-state index is -1.44. The van der Waals surface area contributed by atoms with E-state index in [4.69, 9.17) is 4.74 Å². The third kappa shape index (κ3) is 3.96. The van der Waals surface area contributed by atoms with Crippen LogP contribution in [0.15, 0.2) is 116 Å². The van der Waals surface area contributed by atoms with Gasteiger partial charge in [0, 0.05) is 23.0 Å². The highest BCUT2D eigenvalue weighted by Gasteiger charge is 2.70. The van der Waals surface area contributed by atoms with Crippen LogP contribution in [0, 0.1) is 11.7 Å². The number of hydrogen-bond donors (Lipinski definition) is 1. The van der Waals surface area contributed by atoms with Gasteiger partial charge in [-0.1, -0.05) is 55.1 Å². The molecule has 4 atom stereocenters. The Morgan fingerprint density at radius 2 is 1.58 bits per heavy atom. The van der Waals surface area contributed by atoms with Crippen molar-refractivity contribution in [1.82, 2.24) is 4.90 Å². The van der Waals surface area contributed by atoms with E-state index in [1.54, 1.807) is 30.3 Å². The zero-order chi connectivity index (χ0) is 29.7. The van der Waals surface area contributed by atoms with E-state index in [0.717, 1.165) is 11.1 Å². The molecule has 7 rings (SSSR count). The number of ketones is 2. The maximum atomic E-state index is 14.8. The fourth-order valence-electron chi connectivity index (χ4n) is 7.00. The number of rotatable bonds is 7. The Kier molecular flexibility index (Phi) is 6.31. The van der Waals surface area contributed by atoms with E-state index >= 15 is 0 Å². The van der Waals surface area contributed by atoms with Gasteiger partial charge in [0.05, 0.1) is 12.0 Å². The van der Waals surface area contributed by atoms with Crippen molar-refractivity contribution in [3.8, 4) is 5.75 Å². The molecule has 1 spiro atoms. The number of benzene rings is 4. The van der Waals surface area contributed by atoms with E-state index < -0.39 is 29.2 Å². The van der Waals surface area contributed by atoms with Gasteiger partial charge in [-0.2, -0.15) is 0 Å². The highest BCUT2D eigenvalue weighted by atomic mass is 19.1. The van der Waals surface area contributed by atoms with Gasteiger partial charge in [-0.15, -0.1) is 0 Å². The van der Waals surface area contributed by atoms with Crippen molar-refractivity contribution in [2.24, 2.45) is 5.92 Å². The van der Waals surface area contributed by atoms with Crippen molar-refractivity contribution in [2.75, 3.05) is 11.9 Å². The standard InChI is InChI=1S/C36H27FN2O4/c1-2-21-43-26-17-13-23(14-18-26)32(40)30-31(33(41)24-11-15-25(37)16-12-24)39-20-19-22-7-3-4-8-27(22)34(39)36(30)28-9-5-6-10-29(28)38-35(36)42/h2-20,30-31,34H,1,21H2,(H,38,42)/t30-,31+,34-,36-/m1/s1. The topological polar surface area (TPSA) is 75.7 Å². The van der Waals surface area contributed by atoms with Crippen LogP contribution in [0.1, 0.15) is 43.4 Å². The second kappa shape index (κ2) is 10.2. The lowest BCUT2D eigenvalue weighted by Gasteiger charge is -2.38. The molecule has 43 heavy (non-hydrogen) atoms. The summed E-state index contributed by atoms with van der Waals surface area (Å²) in [5, 5.41) is 3.04. The molecule has 3 heterocycles. The third-order valence-electron chi connectivity index (χ3n) is 8.76. The molecule has 1 N–H and O–H groups in total. The number of carbonyl (C=O) groups is 3. The average molecular weight is 571 g/mol. The SMILES string of the molecule is C=CCOc1ccc(C(=O)[C@H]2[C@@H](C(=O)c3ccc(F)cc3)N3C=Cc4ccccc4[C@@H]3[C@]23C(=O)Nc2ccccc23)cc1. The van der Waals surface area contributed by atoms with Crippen molar-refractivity contribution in [2.45, 2.75) is 17.5 Å². The van der Waals surface area contributed by atoms with Gasteiger partial charge in [-0.3, -0.25) is 14.4 Å². The number of carbonyl (C=O) groups excluding carboxylic acids is 3. The minimum Gasteiger partial charge on any atom is -0.490 e. The lowest BCUT2D eigenvalue weighted by molar-refractivity contribution is -0.122. The quantitative estimate of drug-likeness (QED) is 0.206. The van der Waals surface area contributed by atoms with Crippen LogP contribution in [0.5, 0.6) is 5.75 Å². The average Bonchev–Trinajstić information content (AvgIpc) is 3.52. The summed E-state index contributed by atoms with van der Waals surface area (Å²) in [4.78, 5) is 45.7. The molecule has 0 aliphatic carbocycles. The Morgan fingerprint density at radius 1 is 0.907 bits per heavy atom. The number of halogens is 1. The molecule has 7 heteroatoms. The summed E-state index contributed by atoms with van der Waals surface area (Å²) in [5.74, 6) is -2.08. The van der Waals surface area contributed by atoms with Crippen molar-refractivity contribution in [1.29, 1.82) is 0 Å². The maximum absolute atomic E-state index is 14.8. The molecule has 1 fully saturated rings. The summed E-state index contributed by atoms with van der Waals surface area (Å²) in [6, 6.07) is 25.4. The predicted octanol–water partition coefficient (Wildman–Crippen LogP) is 6.37. The first-order chi connectivity index (χ1) is 20.9. The molecule has 3 aliphatic heterocycles. The molecule has 1 saturated heterocycles. The number of hydrogen-bond acceptors (Lipinski definition) is 5. The van der Waals surface area contributed by atoms with Crippen LogP contribution in [0.2, 0.25) is 0 Å². The molecule has 4 aromatic carbocycles. The van der Waals surface area contributed by atoms with Crippen molar-refractivity contribution < 1.29 is 23.5 Å². The van der Waals surface area contributed by atoms with Gasteiger partial charge in [0.15, 0.2) is 11.6 Å². The minimum absolute atomic E-state index is 0.257. The highest BCUT2D eigenvalue weighted by molar-refractivity contribution is 6.16. The van der Waals surface area contributed by atoms with Gasteiger partial charge in [-0.25, -0.2) is 4.39 Å². The maximum Gasteiger partial charge on any atom is 0.238 e. The van der Waals surface area contributed by atoms with E-state index in [9.17, 15) is 18.8 Å². The predicted molar refractivity (Wildman–Crippen MR) is 161 cm³/mol. The molecule has 0 radical (unpaired) electrons. The first-order valence-corrected chi connectivity index (χ1v) is 14.1. The van der Waals surface area contributed by atoms with Crippen LogP contribution in [0.3, 0.4) is 0 Å². The smallest absolute Gasteiger partial charge is 0.238 e. The second-order valence-electron chi connectivity index (χ2n) is 10.9. The molecular formula is C36H27FN2O4. The molecular weight excluding hydrogens is 543 g/mol. The number of nitrogens with one attached hydrogen (secondary N) is 1. The molecule has 0 saturated carbocycles.